The molecule has 0 aliphatic rings. The van der Waals surface area contributed by atoms with Crippen LogP contribution in [-0.4, -0.2) is 61.6 Å². The van der Waals surface area contributed by atoms with Crippen LogP contribution in [-0.2, 0) is 19.1 Å². The number of hydrogen-bond donors (Lipinski definition) is 1. The first kappa shape index (κ1) is 20.3. The molecule has 0 aromatic carbocycles. The van der Waals surface area contributed by atoms with E-state index in [-0.39, 0.29) is 16.5 Å². The molecular formula is C16H28NO5+. The molecule has 2 atom stereocenters. The maximum atomic E-state index is 12.0. The van der Waals surface area contributed by atoms with Crippen LogP contribution in [0.15, 0.2) is 24.3 Å². The fourth-order valence-electron chi connectivity index (χ4n) is 1.73. The molecule has 0 spiro atoms. The summed E-state index contributed by atoms with van der Waals surface area (Å²) in [6.07, 6.45) is 2.21. The van der Waals surface area contributed by atoms with Gasteiger partial charge in [0, 0.05) is 11.6 Å². The molecule has 0 aliphatic carbocycles. The number of carbonyl (C=O) groups excluding carboxylic acids is 2. The van der Waals surface area contributed by atoms with Crippen molar-refractivity contribution in [3.8, 4) is 0 Å². The summed E-state index contributed by atoms with van der Waals surface area (Å²) in [5.41, 5.74) is 0.207. The number of ether oxygens (including phenoxy) is 2. The Morgan fingerprint density at radius 3 is 2.36 bits per heavy atom. The molecule has 0 amide bonds. The molecule has 0 bridgehead atoms. The Morgan fingerprint density at radius 2 is 1.91 bits per heavy atom. The zero-order valence-corrected chi connectivity index (χ0v) is 14.2. The van der Waals surface area contributed by atoms with Gasteiger partial charge in [0.2, 0.25) is 0 Å². The number of allylic oxidation sites excluding steroid dienone is 1. The minimum absolute atomic E-state index is 0.184. The summed E-state index contributed by atoms with van der Waals surface area (Å²) in [5.74, 6) is -1.04. The third-order valence-electron chi connectivity index (χ3n) is 2.76. The number of carbonyl (C=O) groups is 2. The van der Waals surface area contributed by atoms with Gasteiger partial charge < -0.3 is 14.6 Å². The van der Waals surface area contributed by atoms with Gasteiger partial charge >= 0.3 is 11.9 Å². The largest absolute Gasteiger partial charge is 0.463 e. The van der Waals surface area contributed by atoms with Crippen molar-refractivity contribution in [3.05, 3.63) is 24.3 Å². The van der Waals surface area contributed by atoms with Crippen molar-refractivity contribution in [1.29, 1.82) is 0 Å². The Kier molecular flexibility index (Phi) is 8.67. The summed E-state index contributed by atoms with van der Waals surface area (Å²) >= 11 is 0. The Morgan fingerprint density at radius 1 is 1.32 bits per heavy atom. The molecule has 0 fully saturated rings. The van der Waals surface area contributed by atoms with Crippen molar-refractivity contribution < 1.29 is 28.7 Å². The lowest BCUT2D eigenvalue weighted by atomic mass is 10.2. The molecule has 0 saturated carbocycles. The highest BCUT2D eigenvalue weighted by Crippen LogP contribution is 2.13. The van der Waals surface area contributed by atoms with E-state index in [0.29, 0.717) is 6.61 Å². The van der Waals surface area contributed by atoms with Gasteiger partial charge in [-0.05, 0) is 19.8 Å². The van der Waals surface area contributed by atoms with Gasteiger partial charge in [0.05, 0.1) is 27.7 Å². The van der Waals surface area contributed by atoms with Crippen LogP contribution < -0.4 is 0 Å². The number of quaternary nitrogens is 1. The van der Waals surface area contributed by atoms with Gasteiger partial charge in [-0.15, -0.1) is 0 Å². The molecule has 22 heavy (non-hydrogen) atoms. The number of hydrogen-bond acceptors (Lipinski definition) is 5. The lowest BCUT2D eigenvalue weighted by molar-refractivity contribution is -0.920. The average molecular weight is 314 g/mol. The van der Waals surface area contributed by atoms with Gasteiger partial charge in [-0.25, -0.2) is 9.59 Å². The monoisotopic (exact) mass is 314 g/mol. The van der Waals surface area contributed by atoms with E-state index in [0.717, 1.165) is 6.42 Å². The van der Waals surface area contributed by atoms with Crippen molar-refractivity contribution >= 4 is 11.9 Å². The topological polar surface area (TPSA) is 72.8 Å². The number of rotatable bonds is 9. The molecular weight excluding hydrogens is 286 g/mol. The van der Waals surface area contributed by atoms with Crippen LogP contribution in [0.1, 0.15) is 26.7 Å². The number of likely N-dealkylation sites (N-methyl/N-ethyl adjacent to an activating group) is 1. The Hall–Kier alpha value is -1.66. The van der Waals surface area contributed by atoms with Crippen molar-refractivity contribution in [2.24, 2.45) is 0 Å². The van der Waals surface area contributed by atoms with Crippen LogP contribution in [0.3, 0.4) is 0 Å². The predicted molar refractivity (Wildman–Crippen MR) is 83.7 cm³/mol. The van der Waals surface area contributed by atoms with Crippen molar-refractivity contribution in [2.75, 3.05) is 27.7 Å². The van der Waals surface area contributed by atoms with Gasteiger partial charge in [-0.3, -0.25) is 4.48 Å². The third-order valence-corrected chi connectivity index (χ3v) is 2.76. The predicted octanol–water partition coefficient (Wildman–Crippen LogP) is 1.40. The molecule has 1 N–H and O–H groups in total. The summed E-state index contributed by atoms with van der Waals surface area (Å²) in [7, 11) is 5.45. The van der Waals surface area contributed by atoms with E-state index in [1.54, 1.807) is 6.92 Å². The van der Waals surface area contributed by atoms with Gasteiger partial charge in [0.25, 0.3) is 6.23 Å². The number of aliphatic hydroxyl groups is 1. The van der Waals surface area contributed by atoms with Gasteiger partial charge in [-0.1, -0.05) is 19.6 Å². The van der Waals surface area contributed by atoms with E-state index in [9.17, 15) is 14.7 Å². The Labute approximate surface area is 132 Å². The first-order valence-electron chi connectivity index (χ1n) is 7.30. The van der Waals surface area contributed by atoms with E-state index in [1.165, 1.54) is 12.2 Å². The number of nitrogens with zero attached hydrogens (tertiary/aromatic N) is 1. The average Bonchev–Trinajstić information content (AvgIpc) is 2.40. The molecule has 0 saturated heterocycles. The highest BCUT2D eigenvalue weighted by Gasteiger charge is 2.32. The van der Waals surface area contributed by atoms with Crippen molar-refractivity contribution in [1.82, 2.24) is 0 Å². The highest BCUT2D eigenvalue weighted by molar-refractivity contribution is 5.88. The third kappa shape index (κ3) is 7.95. The van der Waals surface area contributed by atoms with Crippen LogP contribution in [0.25, 0.3) is 0 Å². The first-order chi connectivity index (χ1) is 10.1. The second-order valence-electron chi connectivity index (χ2n) is 6.03. The molecule has 0 heterocycles. The van der Waals surface area contributed by atoms with Gasteiger partial charge in [-0.2, -0.15) is 0 Å². The van der Waals surface area contributed by atoms with E-state index in [4.69, 9.17) is 9.47 Å². The molecule has 0 rings (SSSR count). The number of esters is 2. The zero-order chi connectivity index (χ0) is 17.3. The molecule has 0 aromatic heterocycles. The quantitative estimate of drug-likeness (QED) is 0.301. The lowest BCUT2D eigenvalue weighted by Crippen LogP contribution is -2.53. The fourth-order valence-corrected chi connectivity index (χ4v) is 1.73. The van der Waals surface area contributed by atoms with Gasteiger partial charge in [0.1, 0.15) is 6.10 Å². The van der Waals surface area contributed by atoms with Crippen LogP contribution in [0.5, 0.6) is 0 Å². The molecule has 0 radical (unpaired) electrons. The van der Waals surface area contributed by atoms with E-state index in [1.807, 2.05) is 28.1 Å². The standard InChI is InChI=1S/C16H28NO5/c1-7-11-21-14(19)10-8-9-12(2)16(20)22-15(13(3)18)17(4,5)6/h8,10,13,15,18H,2,7,9,11H2,1,3-6H3/q+1. The first-order valence-corrected chi connectivity index (χ1v) is 7.30. The summed E-state index contributed by atoms with van der Waals surface area (Å²) < 4.78 is 10.4. The Bertz CT molecular complexity index is 421. The second-order valence-corrected chi connectivity index (χ2v) is 6.03. The smallest absolute Gasteiger partial charge is 0.338 e. The van der Waals surface area contributed by atoms with E-state index < -0.39 is 24.3 Å². The molecule has 6 nitrogen and oxygen atoms in total. The van der Waals surface area contributed by atoms with E-state index >= 15 is 0 Å². The molecule has 0 aliphatic heterocycles. The summed E-state index contributed by atoms with van der Waals surface area (Å²) in [5, 5.41) is 9.71. The minimum atomic E-state index is -0.809. The second kappa shape index (κ2) is 9.38. The molecule has 6 heteroatoms. The van der Waals surface area contributed by atoms with Crippen LogP contribution in [0.4, 0.5) is 0 Å². The zero-order valence-electron chi connectivity index (χ0n) is 14.2. The summed E-state index contributed by atoms with van der Waals surface area (Å²) in [6, 6.07) is 0. The van der Waals surface area contributed by atoms with Crippen molar-refractivity contribution in [2.45, 2.75) is 39.0 Å². The Balaban J connectivity index is 4.46. The maximum absolute atomic E-state index is 12.0. The van der Waals surface area contributed by atoms with Crippen molar-refractivity contribution in [3.63, 3.8) is 0 Å². The van der Waals surface area contributed by atoms with E-state index in [2.05, 4.69) is 6.58 Å². The fraction of sp³-hybridized carbons (Fsp3) is 0.625. The summed E-state index contributed by atoms with van der Waals surface area (Å²) in [6.45, 7) is 7.48. The summed E-state index contributed by atoms with van der Waals surface area (Å²) in [4.78, 5) is 23.2. The van der Waals surface area contributed by atoms with Crippen LogP contribution in [0.2, 0.25) is 0 Å². The van der Waals surface area contributed by atoms with Gasteiger partial charge in [0.15, 0.2) is 0 Å². The molecule has 126 valence electrons. The maximum Gasteiger partial charge on any atom is 0.338 e. The molecule has 2 unspecified atom stereocenters. The minimum Gasteiger partial charge on any atom is -0.463 e. The normalized spacial score (nSPS) is 14.5. The lowest BCUT2D eigenvalue weighted by Gasteiger charge is -2.34. The van der Waals surface area contributed by atoms with Crippen LogP contribution in [0, 0.1) is 0 Å². The SMILES string of the molecule is C=C(CC=CC(=O)OCCC)C(=O)OC(C(C)O)[N+](C)(C)C. The number of aliphatic hydroxyl groups excluding tert-OH is 1. The van der Waals surface area contributed by atoms with Crippen LogP contribution >= 0.6 is 0 Å². The molecule has 0 aromatic rings. The highest BCUT2D eigenvalue weighted by atomic mass is 16.6.